The quantitative estimate of drug-likeness (QED) is 0.814. The monoisotopic (exact) mass is 379 g/mol. The maximum absolute atomic E-state index is 13.0. The molecule has 2 aromatic rings. The van der Waals surface area contributed by atoms with Crippen LogP contribution >= 0.6 is 0 Å². The first-order valence-electron chi connectivity index (χ1n) is 10.4. The van der Waals surface area contributed by atoms with E-state index < -0.39 is 0 Å². The van der Waals surface area contributed by atoms with Crippen LogP contribution in [0, 0.1) is 13.8 Å². The number of rotatable bonds is 4. The second-order valence-electron chi connectivity index (χ2n) is 8.10. The van der Waals surface area contributed by atoms with Crippen molar-refractivity contribution in [1.29, 1.82) is 0 Å². The molecule has 0 unspecified atom stereocenters. The Labute approximate surface area is 166 Å². The highest BCUT2D eigenvalue weighted by molar-refractivity contribution is 6.06. The van der Waals surface area contributed by atoms with Gasteiger partial charge in [0.1, 0.15) is 0 Å². The third-order valence-electron chi connectivity index (χ3n) is 6.16. The zero-order chi connectivity index (χ0) is 19.7. The van der Waals surface area contributed by atoms with Gasteiger partial charge in [0.25, 0.3) is 5.91 Å². The molecule has 1 aromatic heterocycles. The van der Waals surface area contributed by atoms with E-state index in [1.165, 1.54) is 32.1 Å². The van der Waals surface area contributed by atoms with Crippen molar-refractivity contribution in [3.8, 4) is 0 Å². The largest absolute Gasteiger partial charge is 0.345 e. The molecule has 4 rings (SSSR count). The van der Waals surface area contributed by atoms with Gasteiger partial charge in [-0.3, -0.25) is 9.59 Å². The highest BCUT2D eigenvalue weighted by Crippen LogP contribution is 2.32. The van der Waals surface area contributed by atoms with Crippen LogP contribution in [0.4, 0.5) is 11.4 Å². The van der Waals surface area contributed by atoms with E-state index in [1.807, 2.05) is 30.3 Å². The molecular weight excluding hydrogens is 350 g/mol. The number of hydrogen-bond donors (Lipinski definition) is 1. The summed E-state index contributed by atoms with van der Waals surface area (Å²) in [5.41, 5.74) is 4.53. The Kier molecular flexibility index (Phi) is 5.25. The molecule has 1 saturated carbocycles. The van der Waals surface area contributed by atoms with Gasteiger partial charge in [-0.25, -0.2) is 0 Å². The van der Waals surface area contributed by atoms with Gasteiger partial charge in [0.15, 0.2) is 0 Å². The smallest absolute Gasteiger partial charge is 0.257 e. The maximum atomic E-state index is 13.0. The predicted octanol–water partition coefficient (Wildman–Crippen LogP) is 4.99. The zero-order valence-corrected chi connectivity index (χ0v) is 16.8. The molecule has 0 radical (unpaired) electrons. The summed E-state index contributed by atoms with van der Waals surface area (Å²) in [6.07, 6.45) is 7.74. The van der Waals surface area contributed by atoms with Gasteiger partial charge in [-0.2, -0.15) is 0 Å². The third-order valence-corrected chi connectivity index (χ3v) is 6.16. The van der Waals surface area contributed by atoms with E-state index in [0.29, 0.717) is 12.5 Å². The lowest BCUT2D eigenvalue weighted by atomic mass is 9.95. The topological polar surface area (TPSA) is 54.3 Å². The summed E-state index contributed by atoms with van der Waals surface area (Å²) < 4.78 is 2.35. The van der Waals surface area contributed by atoms with Crippen LogP contribution in [-0.4, -0.2) is 22.9 Å². The lowest BCUT2D eigenvalue weighted by Crippen LogP contribution is -2.23. The summed E-state index contributed by atoms with van der Waals surface area (Å²) in [5.74, 6) is 0.0690. The van der Waals surface area contributed by atoms with E-state index in [1.54, 1.807) is 4.90 Å². The minimum Gasteiger partial charge on any atom is -0.345 e. The van der Waals surface area contributed by atoms with E-state index in [4.69, 9.17) is 0 Å². The first-order valence-corrected chi connectivity index (χ1v) is 10.4. The fourth-order valence-electron chi connectivity index (χ4n) is 4.78. The molecule has 2 amide bonds. The summed E-state index contributed by atoms with van der Waals surface area (Å²) in [6, 6.07) is 10.1. The Balaban J connectivity index is 1.53. The van der Waals surface area contributed by atoms with Crippen LogP contribution in [0.25, 0.3) is 0 Å². The molecule has 148 valence electrons. The SMILES string of the molecule is Cc1cc(C(=O)Nc2cccc(N3CCCC3=O)c2)c(C)n1C1CCCCC1. The Morgan fingerprint density at radius 3 is 2.57 bits per heavy atom. The molecule has 1 saturated heterocycles. The van der Waals surface area contributed by atoms with Crippen molar-refractivity contribution in [3.05, 3.63) is 47.3 Å². The molecule has 2 heterocycles. The summed E-state index contributed by atoms with van der Waals surface area (Å²) in [6.45, 7) is 4.90. The van der Waals surface area contributed by atoms with Gasteiger partial charge in [-0.05, 0) is 57.4 Å². The number of benzene rings is 1. The van der Waals surface area contributed by atoms with Crippen molar-refractivity contribution < 1.29 is 9.59 Å². The molecule has 28 heavy (non-hydrogen) atoms. The molecule has 0 spiro atoms. The first-order chi connectivity index (χ1) is 13.5. The maximum Gasteiger partial charge on any atom is 0.257 e. The average molecular weight is 380 g/mol. The zero-order valence-electron chi connectivity index (χ0n) is 16.8. The second-order valence-corrected chi connectivity index (χ2v) is 8.10. The minimum absolute atomic E-state index is 0.0833. The van der Waals surface area contributed by atoms with Gasteiger partial charge in [-0.1, -0.05) is 25.3 Å². The van der Waals surface area contributed by atoms with E-state index in [0.717, 1.165) is 41.3 Å². The first kappa shape index (κ1) is 18.8. The average Bonchev–Trinajstić information content (AvgIpc) is 3.25. The molecule has 1 aliphatic heterocycles. The lowest BCUT2D eigenvalue weighted by molar-refractivity contribution is -0.117. The second kappa shape index (κ2) is 7.82. The van der Waals surface area contributed by atoms with Crippen LogP contribution in [0.15, 0.2) is 30.3 Å². The summed E-state index contributed by atoms with van der Waals surface area (Å²) >= 11 is 0. The minimum atomic E-state index is -0.0833. The molecule has 0 atom stereocenters. The van der Waals surface area contributed by atoms with Gasteiger partial charge in [0.05, 0.1) is 5.56 Å². The number of amides is 2. The van der Waals surface area contributed by atoms with E-state index >= 15 is 0 Å². The van der Waals surface area contributed by atoms with Crippen molar-refractivity contribution >= 4 is 23.2 Å². The number of carbonyl (C=O) groups excluding carboxylic acids is 2. The van der Waals surface area contributed by atoms with Crippen molar-refractivity contribution in [3.63, 3.8) is 0 Å². The molecule has 2 aliphatic rings. The predicted molar refractivity (Wildman–Crippen MR) is 112 cm³/mol. The third kappa shape index (κ3) is 3.58. The van der Waals surface area contributed by atoms with E-state index in [9.17, 15) is 9.59 Å². The summed E-state index contributed by atoms with van der Waals surface area (Å²) in [4.78, 5) is 26.8. The normalized spacial score (nSPS) is 17.9. The number of nitrogens with one attached hydrogen (secondary N) is 1. The standard InChI is InChI=1S/C23H29N3O2/c1-16-14-21(17(2)26(16)19-9-4-3-5-10-19)23(28)24-18-8-6-11-20(15-18)25-13-7-12-22(25)27/h6,8,11,14-15,19H,3-5,7,9-10,12-13H2,1-2H3,(H,24,28). The van der Waals surface area contributed by atoms with Gasteiger partial charge >= 0.3 is 0 Å². The molecule has 5 nitrogen and oxygen atoms in total. The molecule has 0 bridgehead atoms. The number of aromatic nitrogens is 1. The van der Waals surface area contributed by atoms with E-state index in [2.05, 4.69) is 23.7 Å². The molecule has 2 fully saturated rings. The number of nitrogens with zero attached hydrogens (tertiary/aromatic N) is 2. The van der Waals surface area contributed by atoms with Crippen LogP contribution in [0.5, 0.6) is 0 Å². The molecular formula is C23H29N3O2. The highest BCUT2D eigenvalue weighted by Gasteiger charge is 2.24. The van der Waals surface area contributed by atoms with Crippen LogP contribution in [0.2, 0.25) is 0 Å². The number of aryl methyl sites for hydroxylation is 1. The summed E-state index contributed by atoms with van der Waals surface area (Å²) in [5, 5.41) is 3.03. The van der Waals surface area contributed by atoms with E-state index in [-0.39, 0.29) is 11.8 Å². The van der Waals surface area contributed by atoms with Crippen LogP contribution < -0.4 is 10.2 Å². The number of carbonyl (C=O) groups is 2. The van der Waals surface area contributed by atoms with Gasteiger partial charge < -0.3 is 14.8 Å². The molecule has 1 aliphatic carbocycles. The fourth-order valence-corrected chi connectivity index (χ4v) is 4.78. The lowest BCUT2D eigenvalue weighted by Gasteiger charge is -2.26. The molecule has 1 aromatic carbocycles. The fraction of sp³-hybridized carbons (Fsp3) is 0.478. The van der Waals surface area contributed by atoms with Crippen molar-refractivity contribution in [1.82, 2.24) is 4.57 Å². The van der Waals surface area contributed by atoms with Crippen LogP contribution in [-0.2, 0) is 4.79 Å². The molecule has 1 N–H and O–H groups in total. The van der Waals surface area contributed by atoms with Gasteiger partial charge in [0.2, 0.25) is 5.91 Å². The highest BCUT2D eigenvalue weighted by atomic mass is 16.2. The Morgan fingerprint density at radius 2 is 1.86 bits per heavy atom. The Bertz CT molecular complexity index is 893. The van der Waals surface area contributed by atoms with Crippen LogP contribution in [0.3, 0.4) is 0 Å². The van der Waals surface area contributed by atoms with Gasteiger partial charge in [0, 0.05) is 41.8 Å². The Hall–Kier alpha value is -2.56. The number of anilines is 2. The van der Waals surface area contributed by atoms with Crippen molar-refractivity contribution in [2.75, 3.05) is 16.8 Å². The number of hydrogen-bond acceptors (Lipinski definition) is 2. The van der Waals surface area contributed by atoms with Crippen LogP contribution in [0.1, 0.15) is 72.7 Å². The molecule has 5 heteroatoms. The van der Waals surface area contributed by atoms with Crippen molar-refractivity contribution in [2.24, 2.45) is 0 Å². The van der Waals surface area contributed by atoms with Gasteiger partial charge in [-0.15, -0.1) is 0 Å². The summed E-state index contributed by atoms with van der Waals surface area (Å²) in [7, 11) is 0. The van der Waals surface area contributed by atoms with Crippen molar-refractivity contribution in [2.45, 2.75) is 64.8 Å². The Morgan fingerprint density at radius 1 is 1.07 bits per heavy atom.